The first-order valence-electron chi connectivity index (χ1n) is 8.31. The van der Waals surface area contributed by atoms with Crippen LogP contribution in [0.25, 0.3) is 11.0 Å². The lowest BCUT2D eigenvalue weighted by molar-refractivity contribution is 0.0960. The Morgan fingerprint density at radius 3 is 2.31 bits per heavy atom. The van der Waals surface area contributed by atoms with Gasteiger partial charge >= 0.3 is 0 Å². The zero-order chi connectivity index (χ0) is 17.9. The van der Waals surface area contributed by atoms with Gasteiger partial charge < -0.3 is 9.32 Å². The molecule has 0 aliphatic carbocycles. The fraction of sp³-hybridized carbons (Fsp3) is 0.0455. The molecule has 0 radical (unpaired) electrons. The second-order valence-electron chi connectivity index (χ2n) is 6.00. The van der Waals surface area contributed by atoms with Gasteiger partial charge in [-0.05, 0) is 42.0 Å². The third kappa shape index (κ3) is 3.22. The van der Waals surface area contributed by atoms with E-state index < -0.39 is 0 Å². The molecular weight excluding hydrogens is 329 g/mol. The van der Waals surface area contributed by atoms with Crippen molar-refractivity contribution in [2.75, 3.05) is 4.90 Å². The lowest BCUT2D eigenvalue weighted by Gasteiger charge is -2.22. The standard InChI is InChI=1S/C22H16FNO2/c23-18-10-12-19(13-11-18)24(15-16-6-2-1-3-7-16)22(25)21-14-17-8-4-5-9-20(17)26-21/h1-14H,15H2. The van der Waals surface area contributed by atoms with Gasteiger partial charge in [0.15, 0.2) is 5.76 Å². The van der Waals surface area contributed by atoms with Crippen LogP contribution in [0.5, 0.6) is 0 Å². The zero-order valence-electron chi connectivity index (χ0n) is 13.9. The van der Waals surface area contributed by atoms with Crippen molar-refractivity contribution in [1.29, 1.82) is 0 Å². The Morgan fingerprint density at radius 1 is 0.885 bits per heavy atom. The second kappa shape index (κ2) is 6.84. The van der Waals surface area contributed by atoms with Gasteiger partial charge in [-0.1, -0.05) is 48.5 Å². The third-order valence-electron chi connectivity index (χ3n) is 4.20. The molecule has 1 aromatic heterocycles. The van der Waals surface area contributed by atoms with Gasteiger partial charge in [0.1, 0.15) is 11.4 Å². The molecule has 0 atom stereocenters. The maximum atomic E-state index is 13.3. The highest BCUT2D eigenvalue weighted by molar-refractivity contribution is 6.06. The predicted octanol–water partition coefficient (Wildman–Crippen LogP) is 5.42. The van der Waals surface area contributed by atoms with Crippen molar-refractivity contribution >= 4 is 22.6 Å². The molecule has 1 heterocycles. The third-order valence-corrected chi connectivity index (χ3v) is 4.20. The minimum Gasteiger partial charge on any atom is -0.451 e. The normalized spacial score (nSPS) is 10.8. The van der Waals surface area contributed by atoms with E-state index in [4.69, 9.17) is 4.42 Å². The summed E-state index contributed by atoms with van der Waals surface area (Å²) in [5, 5.41) is 0.870. The van der Waals surface area contributed by atoms with Crippen molar-refractivity contribution < 1.29 is 13.6 Å². The summed E-state index contributed by atoms with van der Waals surface area (Å²) in [5.74, 6) is -0.354. The van der Waals surface area contributed by atoms with Crippen LogP contribution in [-0.2, 0) is 6.54 Å². The van der Waals surface area contributed by atoms with E-state index in [1.165, 1.54) is 12.1 Å². The van der Waals surface area contributed by atoms with Gasteiger partial charge in [0.05, 0.1) is 6.54 Å². The Balaban J connectivity index is 1.73. The number of carbonyl (C=O) groups excluding carboxylic acids is 1. The van der Waals surface area contributed by atoms with Crippen LogP contribution in [-0.4, -0.2) is 5.91 Å². The summed E-state index contributed by atoms with van der Waals surface area (Å²) in [7, 11) is 0. The average Bonchev–Trinajstić information content (AvgIpc) is 3.11. The molecule has 0 fully saturated rings. The minimum absolute atomic E-state index is 0.256. The van der Waals surface area contributed by atoms with E-state index in [1.54, 1.807) is 23.1 Å². The van der Waals surface area contributed by atoms with E-state index in [-0.39, 0.29) is 17.5 Å². The molecule has 0 aliphatic heterocycles. The predicted molar refractivity (Wildman–Crippen MR) is 99.6 cm³/mol. The number of halogens is 1. The van der Waals surface area contributed by atoms with Crippen LogP contribution in [0.15, 0.2) is 89.3 Å². The number of fused-ring (bicyclic) bond motifs is 1. The Kier molecular flexibility index (Phi) is 4.23. The van der Waals surface area contributed by atoms with Crippen molar-refractivity contribution in [3.8, 4) is 0 Å². The van der Waals surface area contributed by atoms with Gasteiger partial charge in [-0.15, -0.1) is 0 Å². The molecule has 3 nitrogen and oxygen atoms in total. The van der Waals surface area contributed by atoms with E-state index in [9.17, 15) is 9.18 Å². The van der Waals surface area contributed by atoms with E-state index in [0.717, 1.165) is 10.9 Å². The number of carbonyl (C=O) groups is 1. The lowest BCUT2D eigenvalue weighted by atomic mass is 10.1. The number of hydrogen-bond acceptors (Lipinski definition) is 2. The molecule has 0 saturated heterocycles. The number of rotatable bonds is 4. The molecule has 128 valence electrons. The first-order valence-corrected chi connectivity index (χ1v) is 8.31. The van der Waals surface area contributed by atoms with E-state index in [0.29, 0.717) is 17.8 Å². The Morgan fingerprint density at radius 2 is 1.58 bits per heavy atom. The zero-order valence-corrected chi connectivity index (χ0v) is 13.9. The molecule has 1 amide bonds. The van der Waals surface area contributed by atoms with Crippen LogP contribution in [0.1, 0.15) is 16.1 Å². The minimum atomic E-state index is -0.343. The van der Waals surface area contributed by atoms with Crippen molar-refractivity contribution in [3.63, 3.8) is 0 Å². The fourth-order valence-electron chi connectivity index (χ4n) is 2.89. The largest absolute Gasteiger partial charge is 0.451 e. The quantitative estimate of drug-likeness (QED) is 0.495. The summed E-state index contributed by atoms with van der Waals surface area (Å²) in [6.45, 7) is 0.363. The van der Waals surface area contributed by atoms with Crippen molar-refractivity contribution in [1.82, 2.24) is 0 Å². The molecule has 0 aliphatic rings. The average molecular weight is 345 g/mol. The second-order valence-corrected chi connectivity index (χ2v) is 6.00. The summed E-state index contributed by atoms with van der Waals surface area (Å²) in [6.07, 6.45) is 0. The van der Waals surface area contributed by atoms with Gasteiger partial charge in [-0.25, -0.2) is 4.39 Å². The van der Waals surface area contributed by atoms with Crippen LogP contribution < -0.4 is 4.90 Å². The van der Waals surface area contributed by atoms with Gasteiger partial charge in [-0.2, -0.15) is 0 Å². The first kappa shape index (κ1) is 16.1. The molecule has 26 heavy (non-hydrogen) atoms. The highest BCUT2D eigenvalue weighted by Crippen LogP contribution is 2.24. The highest BCUT2D eigenvalue weighted by Gasteiger charge is 2.22. The molecule has 0 spiro atoms. The molecule has 4 heteroatoms. The Bertz CT molecular complexity index is 1010. The lowest BCUT2D eigenvalue weighted by Crippen LogP contribution is -2.30. The van der Waals surface area contributed by atoms with Crippen molar-refractivity contribution in [3.05, 3.63) is 102 Å². The summed E-state index contributed by atoms with van der Waals surface area (Å²) >= 11 is 0. The van der Waals surface area contributed by atoms with Crippen LogP contribution in [0, 0.1) is 5.82 Å². The Hall–Kier alpha value is -3.40. The van der Waals surface area contributed by atoms with E-state index >= 15 is 0 Å². The molecule has 0 N–H and O–H groups in total. The number of nitrogens with zero attached hydrogens (tertiary/aromatic N) is 1. The summed E-state index contributed by atoms with van der Waals surface area (Å²) < 4.78 is 19.0. The number of anilines is 1. The number of para-hydroxylation sites is 1. The topological polar surface area (TPSA) is 33.5 Å². The Labute approximate surface area is 150 Å². The number of furan rings is 1. The molecule has 4 aromatic rings. The van der Waals surface area contributed by atoms with Gasteiger partial charge in [0, 0.05) is 11.1 Å². The highest BCUT2D eigenvalue weighted by atomic mass is 19.1. The van der Waals surface area contributed by atoms with E-state index in [1.807, 2.05) is 54.6 Å². The molecule has 4 rings (SSSR count). The number of benzene rings is 3. The monoisotopic (exact) mass is 345 g/mol. The maximum Gasteiger partial charge on any atom is 0.294 e. The molecule has 0 bridgehead atoms. The SMILES string of the molecule is O=C(c1cc2ccccc2o1)N(Cc1ccccc1)c1ccc(F)cc1. The molecule has 3 aromatic carbocycles. The molecular formula is C22H16FNO2. The van der Waals surface area contributed by atoms with Crippen LogP contribution in [0.2, 0.25) is 0 Å². The van der Waals surface area contributed by atoms with E-state index in [2.05, 4.69) is 0 Å². The van der Waals surface area contributed by atoms with Gasteiger partial charge in [0.25, 0.3) is 5.91 Å². The van der Waals surface area contributed by atoms with Gasteiger partial charge in [0.2, 0.25) is 0 Å². The number of amides is 1. The summed E-state index contributed by atoms with van der Waals surface area (Å²) in [4.78, 5) is 14.7. The van der Waals surface area contributed by atoms with Crippen LogP contribution in [0.3, 0.4) is 0 Å². The van der Waals surface area contributed by atoms with Crippen LogP contribution in [0.4, 0.5) is 10.1 Å². The van der Waals surface area contributed by atoms with Gasteiger partial charge in [-0.3, -0.25) is 4.79 Å². The first-order chi connectivity index (χ1) is 12.7. The summed E-state index contributed by atoms with van der Waals surface area (Å²) in [5.41, 5.74) is 2.25. The summed E-state index contributed by atoms with van der Waals surface area (Å²) in [6, 6.07) is 24.8. The fourth-order valence-corrected chi connectivity index (χ4v) is 2.89. The van der Waals surface area contributed by atoms with Crippen molar-refractivity contribution in [2.45, 2.75) is 6.54 Å². The maximum absolute atomic E-state index is 13.3. The van der Waals surface area contributed by atoms with Crippen molar-refractivity contribution in [2.24, 2.45) is 0 Å². The molecule has 0 saturated carbocycles. The smallest absolute Gasteiger partial charge is 0.294 e. The van der Waals surface area contributed by atoms with Crippen LogP contribution >= 0.6 is 0 Å². The molecule has 0 unspecified atom stereocenters. The number of hydrogen-bond donors (Lipinski definition) is 0.